The van der Waals surface area contributed by atoms with Crippen molar-refractivity contribution in [2.75, 3.05) is 4.90 Å². The van der Waals surface area contributed by atoms with Crippen LogP contribution in [0.1, 0.15) is 18.4 Å². The molecule has 1 saturated carbocycles. The van der Waals surface area contributed by atoms with Crippen molar-refractivity contribution in [3.8, 4) is 11.1 Å². The highest BCUT2D eigenvalue weighted by Crippen LogP contribution is 2.55. The summed E-state index contributed by atoms with van der Waals surface area (Å²) in [6, 6.07) is 18.3. The summed E-state index contributed by atoms with van der Waals surface area (Å²) in [5, 5.41) is 4.21. The molecule has 1 fully saturated rings. The van der Waals surface area contributed by atoms with Gasteiger partial charge >= 0.3 is 0 Å². The fraction of sp³-hybridized carbons (Fsp3) is 0.154. The minimum Gasteiger partial charge on any atom is -0.296 e. The van der Waals surface area contributed by atoms with Crippen LogP contribution in [0.3, 0.4) is 0 Å². The van der Waals surface area contributed by atoms with Gasteiger partial charge in [0.2, 0.25) is 0 Å². The highest BCUT2D eigenvalue weighted by molar-refractivity contribution is 7.08. The molecule has 146 valence electrons. The summed E-state index contributed by atoms with van der Waals surface area (Å²) in [7, 11) is 0. The number of allylic oxidation sites excluding steroid dienone is 2. The molecule has 2 unspecified atom stereocenters. The van der Waals surface area contributed by atoms with Crippen LogP contribution in [0.5, 0.6) is 0 Å². The van der Waals surface area contributed by atoms with Crippen molar-refractivity contribution >= 4 is 34.3 Å². The summed E-state index contributed by atoms with van der Waals surface area (Å²) < 4.78 is 0. The number of thiophene rings is 1. The highest BCUT2D eigenvalue weighted by atomic mass is 32.1. The van der Waals surface area contributed by atoms with Crippen molar-refractivity contribution in [2.24, 2.45) is 10.9 Å². The molecule has 0 spiro atoms. The number of rotatable bonds is 3. The lowest BCUT2D eigenvalue weighted by atomic mass is 10.1. The normalized spacial score (nSPS) is 25.3. The summed E-state index contributed by atoms with van der Waals surface area (Å²) in [6.45, 7) is 0. The molecule has 1 aliphatic heterocycles. The fourth-order valence-electron chi connectivity index (χ4n) is 4.65. The van der Waals surface area contributed by atoms with Crippen LogP contribution in [-0.4, -0.2) is 17.2 Å². The van der Waals surface area contributed by atoms with Gasteiger partial charge < -0.3 is 0 Å². The quantitative estimate of drug-likeness (QED) is 0.478. The molecule has 30 heavy (non-hydrogen) atoms. The van der Waals surface area contributed by atoms with Gasteiger partial charge in [-0.05, 0) is 59.0 Å². The Morgan fingerprint density at radius 3 is 2.70 bits per heavy atom. The molecule has 2 heterocycles. The van der Waals surface area contributed by atoms with Crippen LogP contribution in [0.4, 0.5) is 11.4 Å². The second-order valence-corrected chi connectivity index (χ2v) is 8.83. The Bertz CT molecular complexity index is 1220. The van der Waals surface area contributed by atoms with Gasteiger partial charge in [-0.25, -0.2) is 4.99 Å². The molecule has 2 aromatic carbocycles. The summed E-state index contributed by atoms with van der Waals surface area (Å²) in [5.41, 5.74) is 5.37. The molecule has 0 N–H and O–H groups in total. The molecule has 6 rings (SSSR count). The van der Waals surface area contributed by atoms with Crippen molar-refractivity contribution in [3.05, 3.63) is 95.2 Å². The van der Waals surface area contributed by atoms with Crippen molar-refractivity contribution in [3.63, 3.8) is 0 Å². The lowest BCUT2D eigenvalue weighted by Gasteiger charge is -2.26. The Morgan fingerprint density at radius 1 is 1.00 bits per heavy atom. The van der Waals surface area contributed by atoms with E-state index in [4.69, 9.17) is 4.99 Å². The molecule has 1 amide bonds. The maximum absolute atomic E-state index is 13.6. The number of para-hydroxylation sites is 1. The van der Waals surface area contributed by atoms with E-state index in [0.717, 1.165) is 35.3 Å². The zero-order chi connectivity index (χ0) is 20.1. The maximum atomic E-state index is 13.6. The lowest BCUT2D eigenvalue weighted by molar-refractivity contribution is -0.112. The zero-order valence-corrected chi connectivity index (χ0v) is 17.2. The van der Waals surface area contributed by atoms with Crippen LogP contribution >= 0.6 is 11.3 Å². The summed E-state index contributed by atoms with van der Waals surface area (Å²) >= 11 is 1.69. The van der Waals surface area contributed by atoms with E-state index >= 15 is 0 Å². The maximum Gasteiger partial charge on any atom is 0.278 e. The van der Waals surface area contributed by atoms with Gasteiger partial charge in [0.05, 0.1) is 16.9 Å². The van der Waals surface area contributed by atoms with E-state index in [2.05, 4.69) is 53.3 Å². The van der Waals surface area contributed by atoms with Gasteiger partial charge in [0.1, 0.15) is 5.71 Å². The minimum absolute atomic E-state index is 0.000520. The lowest BCUT2D eigenvalue weighted by Crippen LogP contribution is -2.41. The standard InChI is InChI=1S/C26H20N2OS/c29-25-24(27-21-11-9-18(10-12-21)19-13-15-30-17-19)22-7-3-4-8-23(22)28(25)26-14-5-1-2-6-20(26)16-26/h2-15,17,20H,1,16H2. The third-order valence-electron chi connectivity index (χ3n) is 6.26. The second kappa shape index (κ2) is 6.64. The van der Waals surface area contributed by atoms with Gasteiger partial charge in [0.25, 0.3) is 5.91 Å². The fourth-order valence-corrected chi connectivity index (χ4v) is 5.32. The minimum atomic E-state index is -0.236. The van der Waals surface area contributed by atoms with Gasteiger partial charge in [-0.3, -0.25) is 9.69 Å². The number of hydrogen-bond acceptors (Lipinski definition) is 3. The number of aliphatic imine (C=N–C) groups is 1. The summed E-state index contributed by atoms with van der Waals surface area (Å²) in [4.78, 5) is 20.4. The average Bonchev–Trinajstić information content (AvgIpc) is 3.11. The van der Waals surface area contributed by atoms with Crippen LogP contribution in [0.2, 0.25) is 0 Å². The molecule has 2 aliphatic carbocycles. The van der Waals surface area contributed by atoms with Crippen LogP contribution in [0, 0.1) is 5.92 Å². The number of fused-ring (bicyclic) bond motifs is 2. The number of amides is 1. The number of carbonyl (C=O) groups excluding carboxylic acids is 1. The third-order valence-corrected chi connectivity index (χ3v) is 6.94. The molecule has 3 aliphatic rings. The molecule has 2 atom stereocenters. The molecular weight excluding hydrogens is 388 g/mol. The average molecular weight is 409 g/mol. The Balaban J connectivity index is 1.40. The van der Waals surface area contributed by atoms with Crippen LogP contribution < -0.4 is 4.90 Å². The molecule has 3 aromatic rings. The van der Waals surface area contributed by atoms with Crippen molar-refractivity contribution < 1.29 is 4.79 Å². The predicted molar refractivity (Wildman–Crippen MR) is 124 cm³/mol. The van der Waals surface area contributed by atoms with Crippen molar-refractivity contribution in [1.29, 1.82) is 0 Å². The molecule has 4 heteroatoms. The first kappa shape index (κ1) is 17.6. The predicted octanol–water partition coefficient (Wildman–Crippen LogP) is 6.16. The van der Waals surface area contributed by atoms with Crippen molar-refractivity contribution in [2.45, 2.75) is 18.4 Å². The number of carbonyl (C=O) groups is 1. The first-order chi connectivity index (χ1) is 14.8. The molecule has 0 bridgehead atoms. The van der Waals surface area contributed by atoms with E-state index in [1.54, 1.807) is 11.3 Å². The van der Waals surface area contributed by atoms with Crippen molar-refractivity contribution in [1.82, 2.24) is 0 Å². The molecule has 1 aromatic heterocycles. The largest absolute Gasteiger partial charge is 0.296 e. The first-order valence-electron chi connectivity index (χ1n) is 10.3. The summed E-state index contributed by atoms with van der Waals surface area (Å²) in [6.07, 6.45) is 10.8. The smallest absolute Gasteiger partial charge is 0.278 e. The molecule has 3 nitrogen and oxygen atoms in total. The van der Waals surface area contributed by atoms with Gasteiger partial charge in [0, 0.05) is 11.5 Å². The van der Waals surface area contributed by atoms with Gasteiger partial charge in [-0.1, -0.05) is 54.6 Å². The van der Waals surface area contributed by atoms with E-state index < -0.39 is 0 Å². The van der Waals surface area contributed by atoms with Gasteiger partial charge in [0.15, 0.2) is 0 Å². The van der Waals surface area contributed by atoms with E-state index in [1.807, 2.05) is 41.3 Å². The number of benzene rings is 2. The number of hydrogen-bond donors (Lipinski definition) is 0. The monoisotopic (exact) mass is 408 g/mol. The van der Waals surface area contributed by atoms with Crippen LogP contribution in [0.25, 0.3) is 11.1 Å². The zero-order valence-electron chi connectivity index (χ0n) is 16.4. The summed E-state index contributed by atoms with van der Waals surface area (Å²) in [5.74, 6) is 0.387. The van der Waals surface area contributed by atoms with E-state index in [9.17, 15) is 4.79 Å². The van der Waals surface area contributed by atoms with Crippen LogP contribution in [0.15, 0.2) is 94.7 Å². The Hall–Kier alpha value is -3.24. The van der Waals surface area contributed by atoms with Crippen LogP contribution in [-0.2, 0) is 4.79 Å². The Kier molecular flexibility index (Phi) is 3.90. The third kappa shape index (κ3) is 2.64. The number of nitrogens with zero attached hydrogens (tertiary/aromatic N) is 2. The highest BCUT2D eigenvalue weighted by Gasteiger charge is 2.60. The van der Waals surface area contributed by atoms with E-state index in [1.165, 1.54) is 5.56 Å². The molecule has 0 saturated heterocycles. The topological polar surface area (TPSA) is 32.7 Å². The number of anilines is 1. The Morgan fingerprint density at radius 2 is 1.87 bits per heavy atom. The first-order valence-corrected chi connectivity index (χ1v) is 11.2. The van der Waals surface area contributed by atoms with E-state index in [0.29, 0.717) is 11.6 Å². The SMILES string of the molecule is O=C1C(=Nc2ccc(-c3ccsc3)cc2)c2ccccc2N1C12C=CCC=CC1C2. The van der Waals surface area contributed by atoms with Gasteiger partial charge in [-0.2, -0.15) is 11.3 Å². The Labute approximate surface area is 179 Å². The van der Waals surface area contributed by atoms with Gasteiger partial charge in [-0.15, -0.1) is 0 Å². The van der Waals surface area contributed by atoms with E-state index in [-0.39, 0.29) is 11.4 Å². The molecule has 0 radical (unpaired) electrons. The second-order valence-electron chi connectivity index (χ2n) is 8.05. The molecular formula is C26H20N2OS.